The molecule has 0 radical (unpaired) electrons. The van der Waals surface area contributed by atoms with Gasteiger partial charge >= 0.3 is 0 Å². The zero-order chi connectivity index (χ0) is 14.6. The minimum atomic E-state index is 0.0900. The van der Waals surface area contributed by atoms with Gasteiger partial charge in [0.1, 0.15) is 5.76 Å². The largest absolute Gasteiger partial charge is 0.467 e. The van der Waals surface area contributed by atoms with E-state index in [4.69, 9.17) is 4.42 Å². The van der Waals surface area contributed by atoms with Crippen LogP contribution in [-0.2, 0) is 13.1 Å². The molecule has 2 aromatic heterocycles. The van der Waals surface area contributed by atoms with Crippen LogP contribution in [-0.4, -0.2) is 17.6 Å². The van der Waals surface area contributed by atoms with Crippen LogP contribution in [0.15, 0.2) is 41.3 Å². The van der Waals surface area contributed by atoms with E-state index in [1.54, 1.807) is 6.26 Å². The minimum absolute atomic E-state index is 0.0900. The Labute approximate surface area is 120 Å². The van der Waals surface area contributed by atoms with E-state index in [9.17, 15) is 0 Å². The lowest BCUT2D eigenvalue weighted by Gasteiger charge is -2.24. The highest BCUT2D eigenvalue weighted by atomic mass is 16.3. The zero-order valence-electron chi connectivity index (χ0n) is 12.7. The van der Waals surface area contributed by atoms with Crippen LogP contribution in [0.1, 0.15) is 32.1 Å². The van der Waals surface area contributed by atoms with E-state index in [0.29, 0.717) is 0 Å². The number of hydrogen-bond donors (Lipinski definition) is 1. The average Bonchev–Trinajstić information content (AvgIpc) is 2.88. The molecule has 4 heteroatoms. The van der Waals surface area contributed by atoms with Gasteiger partial charge in [0.2, 0.25) is 0 Å². The lowest BCUT2D eigenvalue weighted by Crippen LogP contribution is -2.35. The van der Waals surface area contributed by atoms with Gasteiger partial charge in [0, 0.05) is 42.8 Å². The maximum Gasteiger partial charge on any atom is 0.123 e. The van der Waals surface area contributed by atoms with Gasteiger partial charge in [0.25, 0.3) is 0 Å². The maximum atomic E-state index is 5.41. The Hall–Kier alpha value is -1.81. The molecular weight excluding hydrogens is 250 g/mol. The van der Waals surface area contributed by atoms with Crippen LogP contribution in [0, 0.1) is 0 Å². The van der Waals surface area contributed by atoms with E-state index in [1.807, 2.05) is 30.6 Å². The highest BCUT2D eigenvalue weighted by molar-refractivity contribution is 5.51. The lowest BCUT2D eigenvalue weighted by molar-refractivity contribution is 0.424. The molecular formula is C16H23N3O. The first-order chi connectivity index (χ1) is 9.46. The maximum absolute atomic E-state index is 5.41. The first kappa shape index (κ1) is 14.6. The molecule has 20 heavy (non-hydrogen) atoms. The Morgan fingerprint density at radius 2 is 2.10 bits per heavy atom. The first-order valence-corrected chi connectivity index (χ1v) is 6.87. The molecule has 2 heterocycles. The molecule has 2 aromatic rings. The molecule has 0 unspecified atom stereocenters. The van der Waals surface area contributed by atoms with Gasteiger partial charge in [-0.05, 0) is 39.0 Å². The number of anilines is 1. The van der Waals surface area contributed by atoms with E-state index in [0.717, 1.165) is 18.8 Å². The summed E-state index contributed by atoms with van der Waals surface area (Å²) in [5, 5.41) is 3.50. The number of nitrogens with zero attached hydrogens (tertiary/aromatic N) is 2. The van der Waals surface area contributed by atoms with Crippen molar-refractivity contribution >= 4 is 5.69 Å². The summed E-state index contributed by atoms with van der Waals surface area (Å²) in [4.78, 5) is 6.42. The zero-order valence-corrected chi connectivity index (χ0v) is 12.7. The summed E-state index contributed by atoms with van der Waals surface area (Å²) < 4.78 is 5.41. The van der Waals surface area contributed by atoms with Gasteiger partial charge in [0.05, 0.1) is 12.8 Å². The third-order valence-electron chi connectivity index (χ3n) is 3.07. The smallest absolute Gasteiger partial charge is 0.123 e. The normalized spacial score (nSPS) is 11.6. The Kier molecular flexibility index (Phi) is 4.45. The molecule has 1 N–H and O–H groups in total. The summed E-state index contributed by atoms with van der Waals surface area (Å²) >= 11 is 0. The van der Waals surface area contributed by atoms with Crippen LogP contribution in [0.4, 0.5) is 5.69 Å². The summed E-state index contributed by atoms with van der Waals surface area (Å²) in [6, 6.07) is 5.95. The summed E-state index contributed by atoms with van der Waals surface area (Å²) in [5.41, 5.74) is 2.46. The van der Waals surface area contributed by atoms with Crippen molar-refractivity contribution in [1.29, 1.82) is 0 Å². The van der Waals surface area contributed by atoms with Crippen LogP contribution >= 0.6 is 0 Å². The van der Waals surface area contributed by atoms with Gasteiger partial charge in [-0.1, -0.05) is 0 Å². The molecule has 0 aromatic carbocycles. The predicted octanol–water partition coefficient (Wildman–Crippen LogP) is 3.20. The lowest BCUT2D eigenvalue weighted by atomic mass is 10.1. The number of rotatable bonds is 5. The fourth-order valence-electron chi connectivity index (χ4n) is 2.01. The summed E-state index contributed by atoms with van der Waals surface area (Å²) in [6.45, 7) is 8.04. The van der Waals surface area contributed by atoms with Crippen molar-refractivity contribution in [1.82, 2.24) is 10.3 Å². The van der Waals surface area contributed by atoms with Gasteiger partial charge in [0.15, 0.2) is 0 Å². The monoisotopic (exact) mass is 273 g/mol. The van der Waals surface area contributed by atoms with Crippen LogP contribution in [0.25, 0.3) is 0 Å². The van der Waals surface area contributed by atoms with Crippen molar-refractivity contribution in [2.75, 3.05) is 11.9 Å². The van der Waals surface area contributed by atoms with Crippen molar-refractivity contribution in [3.8, 4) is 0 Å². The number of aromatic nitrogens is 1. The Bertz CT molecular complexity index is 529. The van der Waals surface area contributed by atoms with E-state index in [1.165, 1.54) is 11.3 Å². The molecule has 0 aliphatic rings. The SMILES string of the molecule is CN(Cc1ccco1)c1ccncc1CNC(C)(C)C. The molecule has 0 saturated carbocycles. The summed E-state index contributed by atoms with van der Waals surface area (Å²) in [7, 11) is 2.07. The fraction of sp³-hybridized carbons (Fsp3) is 0.438. The summed E-state index contributed by atoms with van der Waals surface area (Å²) in [6.07, 6.45) is 5.46. The highest BCUT2D eigenvalue weighted by Gasteiger charge is 2.13. The van der Waals surface area contributed by atoms with Crippen LogP contribution in [0.2, 0.25) is 0 Å². The second kappa shape index (κ2) is 6.09. The molecule has 108 valence electrons. The van der Waals surface area contributed by atoms with Gasteiger partial charge < -0.3 is 14.6 Å². The van der Waals surface area contributed by atoms with E-state index < -0.39 is 0 Å². The second-order valence-electron chi connectivity index (χ2n) is 6.04. The van der Waals surface area contributed by atoms with Gasteiger partial charge in [-0.2, -0.15) is 0 Å². The molecule has 0 saturated heterocycles. The average molecular weight is 273 g/mol. The van der Waals surface area contributed by atoms with Crippen LogP contribution in [0.5, 0.6) is 0 Å². The highest BCUT2D eigenvalue weighted by Crippen LogP contribution is 2.20. The van der Waals surface area contributed by atoms with Crippen molar-refractivity contribution in [2.45, 2.75) is 39.4 Å². The Morgan fingerprint density at radius 1 is 1.30 bits per heavy atom. The number of pyridine rings is 1. The second-order valence-corrected chi connectivity index (χ2v) is 6.04. The van der Waals surface area contributed by atoms with E-state index in [-0.39, 0.29) is 5.54 Å². The molecule has 0 fully saturated rings. The Morgan fingerprint density at radius 3 is 2.75 bits per heavy atom. The fourth-order valence-corrected chi connectivity index (χ4v) is 2.01. The number of hydrogen-bond acceptors (Lipinski definition) is 4. The predicted molar refractivity (Wildman–Crippen MR) is 81.6 cm³/mol. The van der Waals surface area contributed by atoms with Gasteiger partial charge in [-0.25, -0.2) is 0 Å². The molecule has 2 rings (SSSR count). The van der Waals surface area contributed by atoms with Gasteiger partial charge in [-0.3, -0.25) is 4.98 Å². The topological polar surface area (TPSA) is 41.3 Å². The first-order valence-electron chi connectivity index (χ1n) is 6.87. The van der Waals surface area contributed by atoms with E-state index in [2.05, 4.69) is 43.0 Å². The third kappa shape index (κ3) is 4.10. The summed E-state index contributed by atoms with van der Waals surface area (Å²) in [5.74, 6) is 0.957. The quantitative estimate of drug-likeness (QED) is 0.908. The minimum Gasteiger partial charge on any atom is -0.467 e. The molecule has 0 amide bonds. The molecule has 0 bridgehead atoms. The van der Waals surface area contributed by atoms with Crippen LogP contribution < -0.4 is 10.2 Å². The van der Waals surface area contributed by atoms with Crippen molar-refractivity contribution in [2.24, 2.45) is 0 Å². The number of furan rings is 1. The van der Waals surface area contributed by atoms with E-state index >= 15 is 0 Å². The third-order valence-corrected chi connectivity index (χ3v) is 3.07. The molecule has 0 aliphatic heterocycles. The van der Waals surface area contributed by atoms with Crippen molar-refractivity contribution in [3.63, 3.8) is 0 Å². The van der Waals surface area contributed by atoms with Gasteiger partial charge in [-0.15, -0.1) is 0 Å². The molecule has 0 aliphatic carbocycles. The van der Waals surface area contributed by atoms with Crippen LogP contribution in [0.3, 0.4) is 0 Å². The number of nitrogens with one attached hydrogen (secondary N) is 1. The molecule has 4 nitrogen and oxygen atoms in total. The van der Waals surface area contributed by atoms with Crippen molar-refractivity contribution < 1.29 is 4.42 Å². The molecule has 0 atom stereocenters. The Balaban J connectivity index is 2.10. The molecule has 0 spiro atoms. The standard InChI is InChI=1S/C16H23N3O/c1-16(2,3)18-11-13-10-17-8-7-15(13)19(4)12-14-6-5-9-20-14/h5-10,18H,11-12H2,1-4H3. The van der Waals surface area contributed by atoms with Crippen molar-refractivity contribution in [3.05, 3.63) is 48.2 Å².